The van der Waals surface area contributed by atoms with E-state index < -0.39 is 65.0 Å². The molecule has 4 aliphatic carbocycles. The van der Waals surface area contributed by atoms with Crippen molar-refractivity contribution >= 4 is 6.29 Å². The van der Waals surface area contributed by atoms with Gasteiger partial charge in [0, 0.05) is 11.5 Å². The summed E-state index contributed by atoms with van der Waals surface area (Å²) >= 11 is 0. The van der Waals surface area contributed by atoms with Gasteiger partial charge in [-0.2, -0.15) is 0 Å². The quantitative estimate of drug-likeness (QED) is 0.200. The van der Waals surface area contributed by atoms with Gasteiger partial charge in [0.05, 0.1) is 23.9 Å². The first kappa shape index (κ1) is 28.2. The van der Waals surface area contributed by atoms with Crippen molar-refractivity contribution in [3.05, 3.63) is 46.5 Å². The van der Waals surface area contributed by atoms with Crippen molar-refractivity contribution in [2.24, 2.45) is 22.7 Å². The highest BCUT2D eigenvalue weighted by molar-refractivity contribution is 5.65. The van der Waals surface area contributed by atoms with Crippen molar-refractivity contribution in [3.8, 4) is 0 Å². The Morgan fingerprint density at radius 3 is 2.50 bits per heavy atom. The van der Waals surface area contributed by atoms with Gasteiger partial charge in [-0.1, -0.05) is 19.1 Å². The van der Waals surface area contributed by atoms with E-state index in [1.807, 2.05) is 12.2 Å². The van der Waals surface area contributed by atoms with Gasteiger partial charge in [0.25, 0.3) is 0 Å². The lowest BCUT2D eigenvalue weighted by atomic mass is 9.42. The van der Waals surface area contributed by atoms with E-state index in [0.717, 1.165) is 18.3 Å². The maximum atomic E-state index is 13.3. The van der Waals surface area contributed by atoms with Crippen LogP contribution in [0.5, 0.6) is 0 Å². The topological polar surface area (TPSA) is 167 Å². The third kappa shape index (κ3) is 3.73. The summed E-state index contributed by atoms with van der Waals surface area (Å²) in [4.78, 5) is 24.8. The highest BCUT2D eigenvalue weighted by Crippen LogP contribution is 2.71. The number of carbonyl (C=O) groups is 1. The number of aliphatic hydroxyl groups is 5. The lowest BCUT2D eigenvalue weighted by molar-refractivity contribution is -0.343. The maximum absolute atomic E-state index is 13.3. The Bertz CT molecular complexity index is 1190. The highest BCUT2D eigenvalue weighted by atomic mass is 16.7. The predicted molar refractivity (Wildman–Crippen MR) is 140 cm³/mol. The van der Waals surface area contributed by atoms with Crippen LogP contribution in [-0.4, -0.2) is 80.3 Å². The molecule has 5 aliphatic rings. The molecule has 1 aromatic heterocycles. The first-order chi connectivity index (χ1) is 19.1. The lowest BCUT2D eigenvalue weighted by Gasteiger charge is -2.65. The molecule has 1 aliphatic heterocycles. The number of aldehydes is 1. The van der Waals surface area contributed by atoms with E-state index >= 15 is 0 Å². The second-order valence-corrected chi connectivity index (χ2v) is 12.9. The summed E-state index contributed by atoms with van der Waals surface area (Å²) in [6.45, 7) is 1.54. The van der Waals surface area contributed by atoms with Gasteiger partial charge in [0.2, 0.25) is 0 Å². The van der Waals surface area contributed by atoms with Crippen molar-refractivity contribution in [2.75, 3.05) is 6.61 Å². The maximum Gasteiger partial charge on any atom is 0.335 e. The van der Waals surface area contributed by atoms with E-state index in [1.54, 1.807) is 6.07 Å². The van der Waals surface area contributed by atoms with E-state index in [4.69, 9.17) is 13.9 Å². The SMILES string of the molecule is C[C@]12CC[C@H]3[C@@H](CC[C@]4(O[C@@H]5O[C@H](CO)[C@@H](O)[C@H](O)[C@H]5O)C=CCC[C@]34C=O)[C@@]1(O)CC[C@@H]2c1ccc(=O)oc1. The molecule has 5 N–H and O–H groups in total. The smallest absolute Gasteiger partial charge is 0.335 e. The summed E-state index contributed by atoms with van der Waals surface area (Å²) in [5, 5.41) is 53.6. The Morgan fingerprint density at radius 1 is 1.02 bits per heavy atom. The van der Waals surface area contributed by atoms with Gasteiger partial charge < -0.3 is 44.2 Å². The Hall–Kier alpha value is -1.92. The van der Waals surface area contributed by atoms with Crippen LogP contribution in [0.15, 0.2) is 39.8 Å². The van der Waals surface area contributed by atoms with Gasteiger partial charge >= 0.3 is 5.63 Å². The zero-order chi connectivity index (χ0) is 28.5. The Labute approximate surface area is 232 Å². The molecule has 0 amide bonds. The van der Waals surface area contributed by atoms with E-state index in [1.165, 1.54) is 12.3 Å². The fourth-order valence-corrected chi connectivity index (χ4v) is 9.39. The standard InChI is InChI=1S/C30H40O10/c1-27-11-6-19-20(30(27,37)13-8-18(27)17-4-5-22(33)38-15-17)7-12-29(10-3-2-9-28(19,29)16-32)40-26-25(36)24(35)23(34)21(14-31)39-26/h3-5,10,15-16,18-21,23-26,31,34-37H,2,6-9,11-14H2,1H3/t18-,19+,20-,21-,23-,24+,25-,26+,27-,28+,29-,30+/m1/s1. The van der Waals surface area contributed by atoms with Gasteiger partial charge in [-0.3, -0.25) is 0 Å². The van der Waals surface area contributed by atoms with Crippen molar-refractivity contribution in [3.63, 3.8) is 0 Å². The Morgan fingerprint density at radius 2 is 1.80 bits per heavy atom. The first-order valence-corrected chi connectivity index (χ1v) is 14.5. The number of hydrogen-bond acceptors (Lipinski definition) is 10. The van der Waals surface area contributed by atoms with E-state index in [-0.39, 0.29) is 17.8 Å². The summed E-state index contributed by atoms with van der Waals surface area (Å²) < 4.78 is 17.4. The molecule has 12 atom stereocenters. The van der Waals surface area contributed by atoms with Gasteiger partial charge in [-0.05, 0) is 80.8 Å². The zero-order valence-electron chi connectivity index (χ0n) is 22.7. The van der Waals surface area contributed by atoms with Crippen molar-refractivity contribution in [1.82, 2.24) is 0 Å². The van der Waals surface area contributed by atoms with Crippen molar-refractivity contribution < 1.29 is 44.2 Å². The van der Waals surface area contributed by atoms with Crippen LogP contribution in [0.2, 0.25) is 0 Å². The van der Waals surface area contributed by atoms with Crippen LogP contribution in [0, 0.1) is 22.7 Å². The normalized spacial score (nSPS) is 50.0. The minimum absolute atomic E-state index is 0.0123. The number of carbonyl (C=O) groups excluding carboxylic acids is 1. The predicted octanol–water partition coefficient (Wildman–Crippen LogP) is 1.17. The van der Waals surface area contributed by atoms with Crippen LogP contribution in [0.3, 0.4) is 0 Å². The zero-order valence-corrected chi connectivity index (χ0v) is 22.7. The monoisotopic (exact) mass is 560 g/mol. The summed E-state index contributed by atoms with van der Waals surface area (Å²) in [6, 6.07) is 3.21. The molecule has 6 rings (SSSR count). The van der Waals surface area contributed by atoms with E-state index in [0.29, 0.717) is 44.9 Å². The Balaban J connectivity index is 1.34. The minimum Gasteiger partial charge on any atom is -0.431 e. The fourth-order valence-electron chi connectivity index (χ4n) is 9.39. The molecule has 0 unspecified atom stereocenters. The average Bonchev–Trinajstić information content (AvgIpc) is 3.24. The van der Waals surface area contributed by atoms with Crippen molar-refractivity contribution in [2.45, 2.75) is 106 Å². The van der Waals surface area contributed by atoms with Gasteiger partial charge in [0.15, 0.2) is 6.29 Å². The van der Waals surface area contributed by atoms with Crippen LogP contribution in [0.1, 0.15) is 69.8 Å². The third-order valence-electron chi connectivity index (χ3n) is 11.5. The molecular formula is C30H40O10. The number of aliphatic hydroxyl groups excluding tert-OH is 4. The minimum atomic E-state index is -1.59. The first-order valence-electron chi connectivity index (χ1n) is 14.5. The van der Waals surface area contributed by atoms with Crippen LogP contribution >= 0.6 is 0 Å². The second kappa shape index (κ2) is 9.83. The number of allylic oxidation sites excluding steroid dienone is 1. The molecule has 1 aromatic rings. The molecule has 0 radical (unpaired) electrons. The van der Waals surface area contributed by atoms with Gasteiger partial charge in [-0.15, -0.1) is 0 Å². The molecule has 220 valence electrons. The molecule has 1 saturated heterocycles. The van der Waals surface area contributed by atoms with Crippen LogP contribution in [0.25, 0.3) is 0 Å². The number of rotatable bonds is 5. The van der Waals surface area contributed by atoms with Crippen LogP contribution in [-0.2, 0) is 14.3 Å². The molecule has 2 heterocycles. The summed E-state index contributed by atoms with van der Waals surface area (Å²) in [7, 11) is 0. The fraction of sp³-hybridized carbons (Fsp3) is 0.733. The molecule has 40 heavy (non-hydrogen) atoms. The lowest BCUT2D eigenvalue weighted by Crippen LogP contribution is -2.69. The van der Waals surface area contributed by atoms with Crippen LogP contribution in [0.4, 0.5) is 0 Å². The van der Waals surface area contributed by atoms with E-state index in [2.05, 4.69) is 6.92 Å². The number of fused-ring (bicyclic) bond motifs is 5. The molecule has 4 fully saturated rings. The molecular weight excluding hydrogens is 520 g/mol. The van der Waals surface area contributed by atoms with Gasteiger partial charge in [-0.25, -0.2) is 4.79 Å². The van der Waals surface area contributed by atoms with Gasteiger partial charge in [0.1, 0.15) is 36.3 Å². The largest absolute Gasteiger partial charge is 0.431 e. The molecule has 10 nitrogen and oxygen atoms in total. The summed E-state index contributed by atoms with van der Waals surface area (Å²) in [5.41, 5.74) is -3.17. The average molecular weight is 561 g/mol. The Kier molecular flexibility index (Phi) is 6.93. The van der Waals surface area contributed by atoms with Crippen LogP contribution < -0.4 is 5.63 Å². The number of hydrogen-bond donors (Lipinski definition) is 5. The summed E-state index contributed by atoms with van der Waals surface area (Å²) in [5.74, 6) is -0.354. The highest BCUT2D eigenvalue weighted by Gasteiger charge is 2.71. The summed E-state index contributed by atoms with van der Waals surface area (Å²) in [6.07, 6.45) is 3.95. The molecule has 3 saturated carbocycles. The van der Waals surface area contributed by atoms with E-state index in [9.17, 15) is 35.1 Å². The molecule has 10 heteroatoms. The second-order valence-electron chi connectivity index (χ2n) is 12.9. The number of ether oxygens (including phenoxy) is 2. The molecule has 0 spiro atoms. The third-order valence-corrected chi connectivity index (χ3v) is 11.5. The van der Waals surface area contributed by atoms with Crippen molar-refractivity contribution in [1.29, 1.82) is 0 Å². The molecule has 0 bridgehead atoms. The molecule has 0 aromatic carbocycles.